The molecule has 4 heterocycles. The third kappa shape index (κ3) is 3.93. The third-order valence-corrected chi connectivity index (χ3v) is 8.27. The number of carbonyl (C=O) groups is 1. The molecule has 0 radical (unpaired) electrons. The Morgan fingerprint density at radius 2 is 1.86 bits per heavy atom. The van der Waals surface area contributed by atoms with E-state index >= 15 is 0 Å². The fourth-order valence-corrected chi connectivity index (χ4v) is 6.14. The summed E-state index contributed by atoms with van der Waals surface area (Å²) in [4.78, 5) is 26.8. The van der Waals surface area contributed by atoms with Crippen molar-refractivity contribution in [3.05, 3.63) is 60.1 Å². The van der Waals surface area contributed by atoms with E-state index in [2.05, 4.69) is 44.7 Å². The van der Waals surface area contributed by atoms with Gasteiger partial charge in [0.25, 0.3) is 5.91 Å². The molecule has 8 heteroatoms. The molecule has 1 aromatic carbocycles. The fourth-order valence-electron chi connectivity index (χ4n) is 6.14. The van der Waals surface area contributed by atoms with Crippen LogP contribution in [0.5, 0.6) is 0 Å². The monoisotopic (exact) mass is 485 g/mol. The first kappa shape index (κ1) is 23.0. The predicted octanol–water partition coefficient (Wildman–Crippen LogP) is 4.23. The van der Waals surface area contributed by atoms with E-state index in [0.717, 1.165) is 74.5 Å². The second-order valence-electron chi connectivity index (χ2n) is 10.3. The number of aromatic nitrogens is 3. The topological polar surface area (TPSA) is 78.3 Å². The first-order valence-corrected chi connectivity index (χ1v) is 13.3. The lowest BCUT2D eigenvalue weighted by atomic mass is 9.78. The lowest BCUT2D eigenvalue weighted by Crippen LogP contribution is -2.48. The number of rotatable bonds is 4. The molecule has 6 rings (SSSR count). The van der Waals surface area contributed by atoms with Gasteiger partial charge in [-0.25, -0.2) is 4.98 Å². The summed E-state index contributed by atoms with van der Waals surface area (Å²) in [7, 11) is 0. The molecular formula is C28H35N7O. The zero-order valence-electron chi connectivity index (χ0n) is 21.1. The minimum Gasteiger partial charge on any atom is -0.381 e. The Bertz CT molecular complexity index is 1280. The van der Waals surface area contributed by atoms with Crippen molar-refractivity contribution in [2.75, 3.05) is 38.0 Å². The number of allylic oxidation sites excluding steroid dienone is 1. The van der Waals surface area contributed by atoms with Crippen molar-refractivity contribution in [3.8, 4) is 0 Å². The summed E-state index contributed by atoms with van der Waals surface area (Å²) in [6.07, 6.45) is 7.77. The number of likely N-dealkylation sites (N-methyl/N-ethyl adjacent to an activating group) is 1. The van der Waals surface area contributed by atoms with E-state index in [1.165, 1.54) is 25.0 Å². The highest BCUT2D eigenvalue weighted by molar-refractivity contribution is 5.94. The van der Waals surface area contributed by atoms with Gasteiger partial charge < -0.3 is 25.0 Å². The van der Waals surface area contributed by atoms with Gasteiger partial charge in [-0.3, -0.25) is 4.79 Å². The van der Waals surface area contributed by atoms with Crippen LogP contribution in [0.1, 0.15) is 55.1 Å². The van der Waals surface area contributed by atoms with Crippen LogP contribution in [-0.4, -0.2) is 63.0 Å². The second kappa shape index (κ2) is 9.24. The molecule has 1 amide bonds. The van der Waals surface area contributed by atoms with Gasteiger partial charge in [-0.2, -0.15) is 4.98 Å². The molecule has 8 nitrogen and oxygen atoms in total. The molecule has 2 fully saturated rings. The number of piperazine rings is 1. The van der Waals surface area contributed by atoms with E-state index in [1.807, 2.05) is 35.4 Å². The number of nitrogens with zero attached hydrogens (tertiary/aromatic N) is 5. The van der Waals surface area contributed by atoms with E-state index < -0.39 is 0 Å². The molecule has 36 heavy (non-hydrogen) atoms. The van der Waals surface area contributed by atoms with Crippen molar-refractivity contribution in [1.29, 1.82) is 0 Å². The van der Waals surface area contributed by atoms with Gasteiger partial charge in [-0.1, -0.05) is 32.8 Å². The third-order valence-electron chi connectivity index (χ3n) is 8.27. The number of fused-ring (bicyclic) bond motifs is 4. The average molecular weight is 486 g/mol. The van der Waals surface area contributed by atoms with Crippen molar-refractivity contribution < 1.29 is 4.79 Å². The highest BCUT2D eigenvalue weighted by atomic mass is 16.2. The van der Waals surface area contributed by atoms with Crippen molar-refractivity contribution in [1.82, 2.24) is 29.7 Å². The zero-order chi connectivity index (χ0) is 24.7. The van der Waals surface area contributed by atoms with Crippen LogP contribution in [0.2, 0.25) is 0 Å². The van der Waals surface area contributed by atoms with E-state index in [-0.39, 0.29) is 11.4 Å². The Kier molecular flexibility index (Phi) is 5.91. The summed E-state index contributed by atoms with van der Waals surface area (Å²) < 4.78 is 2.42. The number of anilines is 2. The van der Waals surface area contributed by atoms with Gasteiger partial charge in [0.15, 0.2) is 0 Å². The van der Waals surface area contributed by atoms with Crippen molar-refractivity contribution >= 4 is 28.6 Å². The quantitative estimate of drug-likeness (QED) is 0.576. The van der Waals surface area contributed by atoms with Crippen LogP contribution in [-0.2, 0) is 12.1 Å². The lowest BCUT2D eigenvalue weighted by Gasteiger charge is -2.45. The predicted molar refractivity (Wildman–Crippen MR) is 142 cm³/mol. The van der Waals surface area contributed by atoms with Crippen LogP contribution in [0.25, 0.3) is 11.0 Å². The molecule has 2 N–H and O–H groups in total. The second-order valence-corrected chi connectivity index (χ2v) is 10.3. The molecule has 3 aromatic rings. The van der Waals surface area contributed by atoms with Crippen LogP contribution in [0, 0.1) is 0 Å². The first-order chi connectivity index (χ1) is 17.6. The molecular weight excluding hydrogens is 450 g/mol. The van der Waals surface area contributed by atoms with Gasteiger partial charge in [0.2, 0.25) is 5.95 Å². The number of hydrogen-bond donors (Lipinski definition) is 2. The smallest absolute Gasteiger partial charge is 0.253 e. The summed E-state index contributed by atoms with van der Waals surface area (Å²) in [6.45, 7) is 11.8. The van der Waals surface area contributed by atoms with E-state index in [4.69, 9.17) is 4.98 Å². The number of nitrogens with one attached hydrogen (secondary N) is 2. The van der Waals surface area contributed by atoms with Crippen molar-refractivity contribution in [2.45, 2.75) is 51.1 Å². The highest BCUT2D eigenvalue weighted by Crippen LogP contribution is 2.44. The molecule has 2 aromatic heterocycles. The number of hydrogen-bond acceptors (Lipinski definition) is 6. The molecule has 1 saturated carbocycles. The normalized spacial score (nSPS) is 19.8. The molecule has 188 valence electrons. The SMILES string of the molecule is C=C1NCc2cc3cnc(Nc4ccc(C(=O)N5CCN(CC)CC5)cc4)nc3n2C12CCCCC2. The summed E-state index contributed by atoms with van der Waals surface area (Å²) in [5.41, 5.74) is 4.79. The summed E-state index contributed by atoms with van der Waals surface area (Å²) in [5, 5.41) is 7.95. The largest absolute Gasteiger partial charge is 0.381 e. The van der Waals surface area contributed by atoms with Crippen LogP contribution < -0.4 is 10.6 Å². The lowest BCUT2D eigenvalue weighted by molar-refractivity contribution is 0.0643. The average Bonchev–Trinajstić information content (AvgIpc) is 3.30. The minimum absolute atomic E-state index is 0.0985. The molecule has 0 bridgehead atoms. The Balaban J connectivity index is 1.23. The number of benzene rings is 1. The van der Waals surface area contributed by atoms with Crippen molar-refractivity contribution in [2.24, 2.45) is 0 Å². The Morgan fingerprint density at radius 3 is 2.58 bits per heavy atom. The Morgan fingerprint density at radius 1 is 1.11 bits per heavy atom. The van der Waals surface area contributed by atoms with Gasteiger partial charge in [-0.15, -0.1) is 0 Å². The number of carbonyl (C=O) groups excluding carboxylic acids is 1. The molecule has 0 unspecified atom stereocenters. The van der Waals surface area contributed by atoms with Crippen molar-refractivity contribution in [3.63, 3.8) is 0 Å². The summed E-state index contributed by atoms with van der Waals surface area (Å²) in [6, 6.07) is 9.86. The summed E-state index contributed by atoms with van der Waals surface area (Å²) >= 11 is 0. The molecule has 1 spiro atoms. The van der Waals surface area contributed by atoms with Gasteiger partial charge in [0, 0.05) is 60.4 Å². The maximum absolute atomic E-state index is 12.9. The molecule has 2 aliphatic heterocycles. The molecule has 1 saturated heterocycles. The maximum atomic E-state index is 12.9. The Hall–Kier alpha value is -3.39. The summed E-state index contributed by atoms with van der Waals surface area (Å²) in [5.74, 6) is 0.662. The van der Waals surface area contributed by atoms with Gasteiger partial charge in [0.1, 0.15) is 5.65 Å². The molecule has 3 aliphatic rings. The number of amides is 1. The zero-order valence-corrected chi connectivity index (χ0v) is 21.1. The fraction of sp³-hybridized carbons (Fsp3) is 0.464. The first-order valence-electron chi connectivity index (χ1n) is 13.3. The van der Waals surface area contributed by atoms with E-state index in [9.17, 15) is 4.79 Å². The van der Waals surface area contributed by atoms with Gasteiger partial charge in [-0.05, 0) is 49.7 Å². The van der Waals surface area contributed by atoms with Crippen LogP contribution >= 0.6 is 0 Å². The van der Waals surface area contributed by atoms with Crippen LogP contribution in [0.15, 0.2) is 48.8 Å². The van der Waals surface area contributed by atoms with Gasteiger partial charge >= 0.3 is 0 Å². The van der Waals surface area contributed by atoms with E-state index in [0.29, 0.717) is 11.5 Å². The maximum Gasteiger partial charge on any atom is 0.253 e. The Labute approximate surface area is 212 Å². The molecule has 0 atom stereocenters. The van der Waals surface area contributed by atoms with Crippen LogP contribution in [0.3, 0.4) is 0 Å². The molecule has 1 aliphatic carbocycles. The van der Waals surface area contributed by atoms with Gasteiger partial charge in [0.05, 0.1) is 12.1 Å². The van der Waals surface area contributed by atoms with E-state index in [1.54, 1.807) is 0 Å². The van der Waals surface area contributed by atoms with Crippen LogP contribution in [0.4, 0.5) is 11.6 Å². The highest BCUT2D eigenvalue weighted by Gasteiger charge is 2.41. The standard InChI is InChI=1S/C28H35N7O/c1-3-33-13-15-34(16-14-33)26(36)21-7-9-23(10-8-21)31-27-30-18-22-17-24-19-29-20(2)28(11-5-4-6-12-28)35(24)25(22)32-27/h7-10,17-18,29H,2-6,11-16,19H2,1H3,(H,30,31,32). The minimum atomic E-state index is -0.107.